The number of allylic oxidation sites excluding steroid dienone is 1. The number of aliphatic carboxylic acids is 1. The smallest absolute Gasteiger partial charge is 0.331 e. The number of hydrogen-bond acceptors (Lipinski definition) is 4. The van der Waals surface area contributed by atoms with E-state index in [0.717, 1.165) is 32.1 Å². The lowest BCUT2D eigenvalue weighted by atomic mass is 9.43. The zero-order valence-electron chi connectivity index (χ0n) is 16.6. The SMILES string of the molecule is CC(=O)O[C@@H]1C[C@@H](C)[C@]2(CC/C(=C\C(=O)O)O2)[C@@]2(C)CCCC(C)(C)[C@H]12. The van der Waals surface area contributed by atoms with Crippen LogP contribution in [0, 0.1) is 22.7 Å². The summed E-state index contributed by atoms with van der Waals surface area (Å²) in [4.78, 5) is 22.9. The minimum absolute atomic E-state index is 0.0445. The average molecular weight is 364 g/mol. The van der Waals surface area contributed by atoms with Crippen LogP contribution in [0.25, 0.3) is 0 Å². The van der Waals surface area contributed by atoms with E-state index in [4.69, 9.17) is 14.6 Å². The van der Waals surface area contributed by atoms with Gasteiger partial charge in [-0.25, -0.2) is 4.79 Å². The monoisotopic (exact) mass is 364 g/mol. The molecule has 5 heteroatoms. The van der Waals surface area contributed by atoms with Crippen LogP contribution in [0.15, 0.2) is 11.8 Å². The molecule has 0 radical (unpaired) electrons. The summed E-state index contributed by atoms with van der Waals surface area (Å²) >= 11 is 0. The topological polar surface area (TPSA) is 72.8 Å². The second kappa shape index (κ2) is 6.28. The number of rotatable bonds is 2. The van der Waals surface area contributed by atoms with Gasteiger partial charge in [-0.05, 0) is 37.0 Å². The van der Waals surface area contributed by atoms with E-state index in [0.29, 0.717) is 12.2 Å². The third-order valence-electron chi connectivity index (χ3n) is 7.42. The predicted octanol–water partition coefficient (Wildman–Crippen LogP) is 4.31. The molecule has 0 aromatic heterocycles. The molecule has 146 valence electrons. The first kappa shape index (κ1) is 19.2. The van der Waals surface area contributed by atoms with Gasteiger partial charge in [0.05, 0.1) is 6.08 Å². The van der Waals surface area contributed by atoms with Gasteiger partial charge in [0, 0.05) is 24.7 Å². The first-order chi connectivity index (χ1) is 12.0. The van der Waals surface area contributed by atoms with Crippen molar-refractivity contribution in [2.75, 3.05) is 0 Å². The molecule has 1 spiro atoms. The standard InChI is InChI=1S/C21H32O5/c1-13-11-16(25-14(2)22)18-19(3,4)8-6-9-20(18,5)21(13)10-7-15(26-21)12-17(23)24/h12-13,16,18H,6-11H2,1-5H3,(H,23,24)/b15-12+/t13-,16-,18+,20+,21-/m1/s1. The van der Waals surface area contributed by atoms with E-state index in [1.807, 2.05) is 0 Å². The van der Waals surface area contributed by atoms with Crippen LogP contribution in [0.2, 0.25) is 0 Å². The molecule has 2 saturated carbocycles. The number of ether oxygens (including phenoxy) is 2. The second-order valence-corrected chi connectivity index (χ2v) is 9.46. The number of carboxylic acids is 1. The van der Waals surface area contributed by atoms with Crippen LogP contribution in [0.3, 0.4) is 0 Å². The summed E-state index contributed by atoms with van der Waals surface area (Å²) < 4.78 is 12.3. The molecule has 3 fully saturated rings. The average Bonchev–Trinajstić information content (AvgIpc) is 2.88. The van der Waals surface area contributed by atoms with Crippen LogP contribution in [0.1, 0.15) is 73.1 Å². The summed E-state index contributed by atoms with van der Waals surface area (Å²) in [5.41, 5.74) is -0.489. The maximum atomic E-state index is 11.8. The van der Waals surface area contributed by atoms with Gasteiger partial charge in [0.25, 0.3) is 0 Å². The summed E-state index contributed by atoms with van der Waals surface area (Å²) in [5.74, 6) is -0.196. The summed E-state index contributed by atoms with van der Waals surface area (Å²) in [7, 11) is 0. The quantitative estimate of drug-likeness (QED) is 0.584. The Morgan fingerprint density at radius 3 is 2.54 bits per heavy atom. The van der Waals surface area contributed by atoms with Crippen molar-refractivity contribution in [3.63, 3.8) is 0 Å². The van der Waals surface area contributed by atoms with Crippen molar-refractivity contribution in [2.24, 2.45) is 22.7 Å². The van der Waals surface area contributed by atoms with E-state index in [1.54, 1.807) is 0 Å². The molecular formula is C21H32O5. The van der Waals surface area contributed by atoms with Gasteiger partial charge in [0.1, 0.15) is 17.5 Å². The van der Waals surface area contributed by atoms with Crippen LogP contribution in [0.5, 0.6) is 0 Å². The second-order valence-electron chi connectivity index (χ2n) is 9.46. The van der Waals surface area contributed by atoms with Crippen molar-refractivity contribution in [3.05, 3.63) is 11.8 Å². The third-order valence-corrected chi connectivity index (χ3v) is 7.42. The van der Waals surface area contributed by atoms with Crippen molar-refractivity contribution in [3.8, 4) is 0 Å². The lowest BCUT2D eigenvalue weighted by Gasteiger charge is -2.64. The van der Waals surface area contributed by atoms with Gasteiger partial charge in [-0.3, -0.25) is 4.79 Å². The fourth-order valence-corrected chi connectivity index (χ4v) is 6.67. The molecule has 0 unspecified atom stereocenters. The highest BCUT2D eigenvalue weighted by atomic mass is 16.5. The van der Waals surface area contributed by atoms with Crippen LogP contribution >= 0.6 is 0 Å². The molecule has 2 aliphatic carbocycles. The Morgan fingerprint density at radius 1 is 1.23 bits per heavy atom. The highest BCUT2D eigenvalue weighted by Gasteiger charge is 2.68. The Hall–Kier alpha value is -1.52. The summed E-state index contributed by atoms with van der Waals surface area (Å²) in [5, 5.41) is 9.13. The Bertz CT molecular complexity index is 636. The molecule has 0 aromatic rings. The molecule has 0 aromatic carbocycles. The zero-order chi connectivity index (χ0) is 19.3. The minimum Gasteiger partial charge on any atom is -0.490 e. The highest BCUT2D eigenvalue weighted by Crippen LogP contribution is 2.67. The lowest BCUT2D eigenvalue weighted by Crippen LogP contribution is -2.66. The molecule has 3 rings (SSSR count). The largest absolute Gasteiger partial charge is 0.490 e. The Kier molecular flexibility index (Phi) is 4.65. The molecular weight excluding hydrogens is 332 g/mol. The summed E-state index contributed by atoms with van der Waals surface area (Å²) in [6.45, 7) is 10.5. The number of hydrogen-bond donors (Lipinski definition) is 1. The fourth-order valence-electron chi connectivity index (χ4n) is 6.67. The van der Waals surface area contributed by atoms with Gasteiger partial charge < -0.3 is 14.6 Å². The minimum atomic E-state index is -0.955. The van der Waals surface area contributed by atoms with E-state index in [1.165, 1.54) is 13.0 Å². The maximum Gasteiger partial charge on any atom is 0.331 e. The molecule has 0 amide bonds. The molecule has 1 N–H and O–H groups in total. The number of fused-ring (bicyclic) bond motifs is 2. The Morgan fingerprint density at radius 2 is 1.92 bits per heavy atom. The molecule has 3 aliphatic rings. The van der Waals surface area contributed by atoms with Crippen LogP contribution in [0.4, 0.5) is 0 Å². The van der Waals surface area contributed by atoms with Gasteiger partial charge in [-0.1, -0.05) is 34.1 Å². The van der Waals surface area contributed by atoms with Crippen molar-refractivity contribution in [2.45, 2.75) is 84.8 Å². The zero-order valence-corrected chi connectivity index (χ0v) is 16.6. The van der Waals surface area contributed by atoms with E-state index in [2.05, 4.69) is 27.7 Å². The molecule has 1 saturated heterocycles. The van der Waals surface area contributed by atoms with Gasteiger partial charge in [0.2, 0.25) is 0 Å². The van der Waals surface area contributed by atoms with Gasteiger partial charge in [0.15, 0.2) is 0 Å². The number of esters is 1. The maximum absolute atomic E-state index is 11.8. The molecule has 5 nitrogen and oxygen atoms in total. The van der Waals surface area contributed by atoms with Crippen LogP contribution in [-0.4, -0.2) is 28.8 Å². The Balaban J connectivity index is 2.05. The number of carbonyl (C=O) groups is 2. The first-order valence-corrected chi connectivity index (χ1v) is 9.81. The van der Waals surface area contributed by atoms with Crippen LogP contribution in [-0.2, 0) is 19.1 Å². The van der Waals surface area contributed by atoms with Gasteiger partial charge >= 0.3 is 11.9 Å². The Labute approximate surface area is 156 Å². The number of carbonyl (C=O) groups excluding carboxylic acids is 1. The first-order valence-electron chi connectivity index (χ1n) is 9.81. The van der Waals surface area contributed by atoms with E-state index < -0.39 is 5.97 Å². The number of carboxylic acid groups (broad SMARTS) is 1. The van der Waals surface area contributed by atoms with Crippen molar-refractivity contribution in [1.82, 2.24) is 0 Å². The summed E-state index contributed by atoms with van der Waals surface area (Å²) in [6.07, 6.45) is 6.61. The molecule has 5 atom stereocenters. The van der Waals surface area contributed by atoms with Crippen molar-refractivity contribution < 1.29 is 24.2 Å². The van der Waals surface area contributed by atoms with Crippen LogP contribution < -0.4 is 0 Å². The van der Waals surface area contributed by atoms with Crippen molar-refractivity contribution in [1.29, 1.82) is 0 Å². The van der Waals surface area contributed by atoms with E-state index in [-0.39, 0.29) is 40.3 Å². The molecule has 0 bridgehead atoms. The highest BCUT2D eigenvalue weighted by molar-refractivity contribution is 5.80. The van der Waals surface area contributed by atoms with E-state index in [9.17, 15) is 9.59 Å². The molecule has 26 heavy (non-hydrogen) atoms. The van der Waals surface area contributed by atoms with Gasteiger partial charge in [-0.15, -0.1) is 0 Å². The lowest BCUT2D eigenvalue weighted by molar-refractivity contribution is -0.243. The normalized spacial score (nSPS) is 43.0. The summed E-state index contributed by atoms with van der Waals surface area (Å²) in [6, 6.07) is 0. The third kappa shape index (κ3) is 2.84. The van der Waals surface area contributed by atoms with Gasteiger partial charge in [-0.2, -0.15) is 0 Å². The van der Waals surface area contributed by atoms with E-state index >= 15 is 0 Å². The fraction of sp³-hybridized carbons (Fsp3) is 0.810. The molecule has 1 aliphatic heterocycles. The molecule has 1 heterocycles. The van der Waals surface area contributed by atoms with Crippen molar-refractivity contribution >= 4 is 11.9 Å². The predicted molar refractivity (Wildman–Crippen MR) is 97.3 cm³/mol.